The lowest BCUT2D eigenvalue weighted by molar-refractivity contribution is -0.133. The number of carbonyl (C=O) groups is 1. The van der Waals surface area contributed by atoms with Crippen molar-refractivity contribution in [1.29, 1.82) is 0 Å². The molecule has 1 aromatic carbocycles. The Morgan fingerprint density at radius 3 is 2.48 bits per heavy atom. The van der Waals surface area contributed by atoms with Gasteiger partial charge in [0.2, 0.25) is 17.6 Å². The first-order valence-electron chi connectivity index (χ1n) is 11.0. The van der Waals surface area contributed by atoms with E-state index in [1.54, 1.807) is 0 Å². The maximum atomic E-state index is 12.6. The molecule has 1 N–H and O–H groups in total. The molecule has 1 aromatic heterocycles. The lowest BCUT2D eigenvalue weighted by Crippen LogP contribution is -2.47. The highest BCUT2D eigenvalue weighted by atomic mass is 16.5. The molecule has 156 valence electrons. The van der Waals surface area contributed by atoms with Crippen LogP contribution in [0.25, 0.3) is 11.4 Å². The summed E-state index contributed by atoms with van der Waals surface area (Å²) in [5.41, 5.74) is 2.70. The molecule has 0 radical (unpaired) electrons. The molecule has 6 heteroatoms. The molecule has 2 aliphatic heterocycles. The summed E-state index contributed by atoms with van der Waals surface area (Å²) in [4.78, 5) is 19.2. The Morgan fingerprint density at radius 2 is 1.83 bits per heavy atom. The fourth-order valence-corrected chi connectivity index (χ4v) is 4.55. The van der Waals surface area contributed by atoms with Gasteiger partial charge >= 0.3 is 0 Å². The quantitative estimate of drug-likeness (QED) is 0.833. The minimum absolute atomic E-state index is 0.204. The highest BCUT2D eigenvalue weighted by molar-refractivity contribution is 5.76. The van der Waals surface area contributed by atoms with Gasteiger partial charge in [0.1, 0.15) is 0 Å². The van der Waals surface area contributed by atoms with Crippen LogP contribution < -0.4 is 5.32 Å². The number of nitrogens with zero attached hydrogens (tertiary/aromatic N) is 3. The van der Waals surface area contributed by atoms with E-state index < -0.39 is 0 Å². The maximum Gasteiger partial charge on any atom is 0.227 e. The molecule has 29 heavy (non-hydrogen) atoms. The summed E-state index contributed by atoms with van der Waals surface area (Å²) in [6.07, 6.45) is 5.70. The van der Waals surface area contributed by atoms with Crippen LogP contribution in [-0.4, -0.2) is 47.1 Å². The number of nitrogens with one attached hydrogen (secondary N) is 1. The van der Waals surface area contributed by atoms with Crippen molar-refractivity contribution in [2.45, 2.75) is 58.3 Å². The second-order valence-electron chi connectivity index (χ2n) is 8.92. The van der Waals surface area contributed by atoms with E-state index in [1.165, 1.54) is 18.4 Å². The smallest absolute Gasteiger partial charge is 0.227 e. The summed E-state index contributed by atoms with van der Waals surface area (Å²) in [6.45, 7) is 8.35. The monoisotopic (exact) mass is 396 g/mol. The Hall–Kier alpha value is -2.21. The number of aryl methyl sites for hydroxylation is 1. The van der Waals surface area contributed by atoms with Crippen LogP contribution in [0.3, 0.4) is 0 Å². The molecule has 0 saturated carbocycles. The molecule has 2 aromatic rings. The molecule has 0 atom stereocenters. The predicted octanol–water partition coefficient (Wildman–Crippen LogP) is 3.78. The zero-order chi connectivity index (χ0) is 20.3. The minimum atomic E-state index is 0.204. The van der Waals surface area contributed by atoms with E-state index in [0.29, 0.717) is 35.9 Å². The van der Waals surface area contributed by atoms with Crippen molar-refractivity contribution in [2.75, 3.05) is 26.2 Å². The third-order valence-corrected chi connectivity index (χ3v) is 6.70. The van der Waals surface area contributed by atoms with E-state index in [4.69, 9.17) is 4.52 Å². The van der Waals surface area contributed by atoms with Gasteiger partial charge in [-0.15, -0.1) is 0 Å². The number of rotatable bonds is 5. The Labute approximate surface area is 173 Å². The number of piperidine rings is 2. The number of likely N-dealkylation sites (tertiary alicyclic amines) is 1. The van der Waals surface area contributed by atoms with Crippen molar-refractivity contribution in [2.24, 2.45) is 5.41 Å². The molecule has 0 aliphatic carbocycles. The van der Waals surface area contributed by atoms with Crippen LogP contribution in [0.15, 0.2) is 28.8 Å². The molecule has 0 bridgehead atoms. The van der Waals surface area contributed by atoms with Crippen molar-refractivity contribution < 1.29 is 9.32 Å². The van der Waals surface area contributed by atoms with E-state index in [1.807, 2.05) is 17.0 Å². The second kappa shape index (κ2) is 8.66. The molecular formula is C23H32N4O2. The van der Waals surface area contributed by atoms with E-state index in [-0.39, 0.29) is 5.91 Å². The Bertz CT molecular complexity index is 812. The third kappa shape index (κ3) is 4.69. The van der Waals surface area contributed by atoms with Gasteiger partial charge in [-0.25, -0.2) is 0 Å². The van der Waals surface area contributed by atoms with Gasteiger partial charge in [0.25, 0.3) is 0 Å². The normalized spacial score (nSPS) is 19.1. The number of hydrogen-bond donors (Lipinski definition) is 1. The van der Waals surface area contributed by atoms with Gasteiger partial charge in [0.05, 0.1) is 0 Å². The van der Waals surface area contributed by atoms with Crippen LogP contribution in [0, 0.1) is 5.41 Å². The molecule has 1 amide bonds. The van der Waals surface area contributed by atoms with Crippen molar-refractivity contribution in [3.8, 4) is 11.4 Å². The number of carbonyl (C=O) groups excluding carboxylic acids is 1. The molecule has 4 rings (SSSR count). The van der Waals surface area contributed by atoms with Gasteiger partial charge in [-0.3, -0.25) is 4.79 Å². The van der Waals surface area contributed by atoms with E-state index >= 15 is 0 Å². The third-order valence-electron chi connectivity index (χ3n) is 6.70. The Morgan fingerprint density at radius 1 is 1.14 bits per heavy atom. The molecule has 0 unspecified atom stereocenters. The molecule has 1 spiro atoms. The van der Waals surface area contributed by atoms with Crippen molar-refractivity contribution in [3.05, 3.63) is 35.7 Å². The van der Waals surface area contributed by atoms with Crippen molar-refractivity contribution in [3.63, 3.8) is 0 Å². The first-order valence-corrected chi connectivity index (χ1v) is 11.0. The van der Waals surface area contributed by atoms with Gasteiger partial charge < -0.3 is 14.7 Å². The number of amides is 1. The summed E-state index contributed by atoms with van der Waals surface area (Å²) < 4.78 is 5.39. The molecule has 2 aliphatic rings. The fourth-order valence-electron chi connectivity index (χ4n) is 4.55. The SMILES string of the molecule is CC(C)c1ccc(-c2noc(CCC(=O)N3CCC4(CCNCC4)CC3)n2)cc1. The predicted molar refractivity (Wildman–Crippen MR) is 112 cm³/mol. The highest BCUT2D eigenvalue weighted by Gasteiger charge is 2.36. The summed E-state index contributed by atoms with van der Waals surface area (Å²) >= 11 is 0. The van der Waals surface area contributed by atoms with E-state index in [0.717, 1.165) is 44.6 Å². The van der Waals surface area contributed by atoms with E-state index in [2.05, 4.69) is 41.4 Å². The standard InChI is InChI=1S/C23H32N4O2/c1-17(2)18-3-5-19(6-4-18)22-25-20(29-26-22)7-8-21(28)27-15-11-23(12-16-27)9-13-24-14-10-23/h3-6,17,24H,7-16H2,1-2H3. The molecule has 2 saturated heterocycles. The largest absolute Gasteiger partial charge is 0.343 e. The fraction of sp³-hybridized carbons (Fsp3) is 0.609. The first kappa shape index (κ1) is 20.1. The number of hydrogen-bond acceptors (Lipinski definition) is 5. The van der Waals surface area contributed by atoms with Crippen LogP contribution in [0.1, 0.15) is 63.3 Å². The number of aromatic nitrogens is 2. The first-order chi connectivity index (χ1) is 14.0. The highest BCUT2D eigenvalue weighted by Crippen LogP contribution is 2.39. The van der Waals surface area contributed by atoms with Gasteiger partial charge in [0, 0.05) is 31.5 Å². The van der Waals surface area contributed by atoms with Crippen LogP contribution in [0.5, 0.6) is 0 Å². The minimum Gasteiger partial charge on any atom is -0.343 e. The Kier molecular flexibility index (Phi) is 5.99. The zero-order valence-corrected chi connectivity index (χ0v) is 17.6. The Balaban J connectivity index is 1.28. The summed E-state index contributed by atoms with van der Waals surface area (Å²) in [6, 6.07) is 8.26. The van der Waals surface area contributed by atoms with Crippen LogP contribution >= 0.6 is 0 Å². The van der Waals surface area contributed by atoms with Gasteiger partial charge in [-0.1, -0.05) is 43.3 Å². The lowest BCUT2D eigenvalue weighted by Gasteiger charge is -2.44. The average molecular weight is 397 g/mol. The summed E-state index contributed by atoms with van der Waals surface area (Å²) in [5.74, 6) is 1.83. The molecule has 3 heterocycles. The van der Waals surface area contributed by atoms with Crippen molar-refractivity contribution in [1.82, 2.24) is 20.4 Å². The maximum absolute atomic E-state index is 12.6. The van der Waals surface area contributed by atoms with Crippen LogP contribution in [0.4, 0.5) is 0 Å². The zero-order valence-electron chi connectivity index (χ0n) is 17.6. The topological polar surface area (TPSA) is 71.3 Å². The summed E-state index contributed by atoms with van der Waals surface area (Å²) in [5, 5.41) is 7.54. The lowest BCUT2D eigenvalue weighted by atomic mass is 9.71. The molecule has 2 fully saturated rings. The molecular weight excluding hydrogens is 364 g/mol. The average Bonchev–Trinajstić information content (AvgIpc) is 3.22. The van der Waals surface area contributed by atoms with Gasteiger partial charge in [-0.2, -0.15) is 4.98 Å². The van der Waals surface area contributed by atoms with Gasteiger partial charge in [-0.05, 0) is 55.7 Å². The van der Waals surface area contributed by atoms with Gasteiger partial charge in [0.15, 0.2) is 0 Å². The second-order valence-corrected chi connectivity index (χ2v) is 8.92. The van der Waals surface area contributed by atoms with E-state index in [9.17, 15) is 4.79 Å². The van der Waals surface area contributed by atoms with Crippen LogP contribution in [-0.2, 0) is 11.2 Å². The van der Waals surface area contributed by atoms with Crippen LogP contribution in [0.2, 0.25) is 0 Å². The van der Waals surface area contributed by atoms with Crippen molar-refractivity contribution >= 4 is 5.91 Å². The summed E-state index contributed by atoms with van der Waals surface area (Å²) in [7, 11) is 0. The molecule has 6 nitrogen and oxygen atoms in total. The number of benzene rings is 1.